The van der Waals surface area contributed by atoms with Gasteiger partial charge in [0.05, 0.1) is 6.04 Å². The standard InChI is InChI=1S/C23H34N4O5/c1-23(2,3)32-22(30)24-14-18-15-26(4)10-11-27(18)21(29)16-7-5-8-17(13-16)25-20(28)19-9-6-12-31-19/h5,7-8,13,18-19H,6,9-12,14-15H2,1-4H3,(H,24,30)(H,25,28)/t18-,19-/m1/s1. The lowest BCUT2D eigenvalue weighted by molar-refractivity contribution is -0.124. The zero-order chi connectivity index (χ0) is 23.3. The number of ether oxygens (including phenoxy) is 2. The number of nitrogens with one attached hydrogen (secondary N) is 2. The molecule has 2 N–H and O–H groups in total. The van der Waals surface area contributed by atoms with Gasteiger partial charge >= 0.3 is 6.09 Å². The predicted octanol–water partition coefficient (Wildman–Crippen LogP) is 2.08. The van der Waals surface area contributed by atoms with E-state index in [4.69, 9.17) is 9.47 Å². The van der Waals surface area contributed by atoms with Crippen LogP contribution in [0.2, 0.25) is 0 Å². The molecular formula is C23H34N4O5. The van der Waals surface area contributed by atoms with E-state index in [0.29, 0.717) is 43.9 Å². The average molecular weight is 447 g/mol. The lowest BCUT2D eigenvalue weighted by Gasteiger charge is -2.40. The number of amides is 3. The van der Waals surface area contributed by atoms with Gasteiger partial charge in [0.25, 0.3) is 11.8 Å². The van der Waals surface area contributed by atoms with Crippen LogP contribution in [-0.4, -0.2) is 85.3 Å². The SMILES string of the molecule is CN1CCN(C(=O)c2cccc(NC(=O)[C@H]3CCCO3)c2)[C@H](CNC(=O)OC(C)(C)C)C1. The molecular weight excluding hydrogens is 412 g/mol. The quantitative estimate of drug-likeness (QED) is 0.718. The molecule has 0 aromatic heterocycles. The first-order chi connectivity index (χ1) is 15.1. The summed E-state index contributed by atoms with van der Waals surface area (Å²) >= 11 is 0. The maximum Gasteiger partial charge on any atom is 0.407 e. The van der Waals surface area contributed by atoms with Crippen LogP contribution in [0.4, 0.5) is 10.5 Å². The smallest absolute Gasteiger partial charge is 0.407 e. The predicted molar refractivity (Wildman–Crippen MR) is 121 cm³/mol. The molecule has 9 heteroatoms. The first-order valence-electron chi connectivity index (χ1n) is 11.1. The molecule has 2 aliphatic heterocycles. The number of anilines is 1. The van der Waals surface area contributed by atoms with Crippen molar-refractivity contribution >= 4 is 23.6 Å². The van der Waals surface area contributed by atoms with E-state index in [1.807, 2.05) is 7.05 Å². The van der Waals surface area contributed by atoms with Crippen LogP contribution in [0.15, 0.2) is 24.3 Å². The van der Waals surface area contributed by atoms with Crippen LogP contribution in [0.3, 0.4) is 0 Å². The van der Waals surface area contributed by atoms with E-state index in [-0.39, 0.29) is 17.9 Å². The first-order valence-corrected chi connectivity index (χ1v) is 11.1. The number of likely N-dealkylation sites (N-methyl/N-ethyl adjacent to an activating group) is 1. The third kappa shape index (κ3) is 6.67. The Morgan fingerprint density at radius 3 is 2.69 bits per heavy atom. The van der Waals surface area contributed by atoms with Crippen molar-refractivity contribution in [3.05, 3.63) is 29.8 Å². The number of nitrogens with zero attached hydrogens (tertiary/aromatic N) is 2. The van der Waals surface area contributed by atoms with Gasteiger partial charge in [0, 0.05) is 44.0 Å². The lowest BCUT2D eigenvalue weighted by atomic mass is 10.1. The first kappa shape index (κ1) is 24.0. The van der Waals surface area contributed by atoms with E-state index in [1.54, 1.807) is 49.9 Å². The topological polar surface area (TPSA) is 100 Å². The number of hydrogen-bond acceptors (Lipinski definition) is 6. The molecule has 2 aliphatic rings. The van der Waals surface area contributed by atoms with Crippen LogP contribution in [0.1, 0.15) is 44.0 Å². The maximum atomic E-state index is 13.3. The summed E-state index contributed by atoms with van der Waals surface area (Å²) in [5.41, 5.74) is 0.466. The number of hydrogen-bond donors (Lipinski definition) is 2. The molecule has 3 amide bonds. The Labute approximate surface area is 189 Å². The Balaban J connectivity index is 1.65. The molecule has 0 spiro atoms. The summed E-state index contributed by atoms with van der Waals surface area (Å²) in [5.74, 6) is -0.326. The van der Waals surface area contributed by atoms with Crippen molar-refractivity contribution < 1.29 is 23.9 Å². The highest BCUT2D eigenvalue weighted by molar-refractivity contribution is 5.98. The number of alkyl carbamates (subject to hydrolysis) is 1. The van der Waals surface area contributed by atoms with Crippen molar-refractivity contribution in [2.45, 2.75) is 51.4 Å². The molecule has 0 unspecified atom stereocenters. The minimum Gasteiger partial charge on any atom is -0.444 e. The van der Waals surface area contributed by atoms with E-state index >= 15 is 0 Å². The molecule has 1 aromatic rings. The van der Waals surface area contributed by atoms with Crippen LogP contribution >= 0.6 is 0 Å². The molecule has 176 valence electrons. The molecule has 2 atom stereocenters. The number of benzene rings is 1. The number of carbonyl (C=O) groups is 3. The minimum atomic E-state index is -0.586. The Kier molecular flexibility index (Phi) is 7.73. The normalized spacial score (nSPS) is 21.8. The number of piperazine rings is 1. The molecule has 9 nitrogen and oxygen atoms in total. The van der Waals surface area contributed by atoms with E-state index in [0.717, 1.165) is 13.0 Å². The summed E-state index contributed by atoms with van der Waals surface area (Å²) in [7, 11) is 1.99. The van der Waals surface area contributed by atoms with Crippen LogP contribution in [0.25, 0.3) is 0 Å². The summed E-state index contributed by atoms with van der Waals surface area (Å²) in [4.78, 5) is 41.6. The lowest BCUT2D eigenvalue weighted by Crippen LogP contribution is -2.58. The largest absolute Gasteiger partial charge is 0.444 e. The summed E-state index contributed by atoms with van der Waals surface area (Å²) in [6.07, 6.45) is 0.642. The van der Waals surface area contributed by atoms with Gasteiger partial charge in [-0.15, -0.1) is 0 Å². The zero-order valence-corrected chi connectivity index (χ0v) is 19.3. The number of rotatable bonds is 5. The second kappa shape index (κ2) is 10.3. The van der Waals surface area contributed by atoms with Crippen LogP contribution in [0, 0.1) is 0 Å². The third-order valence-electron chi connectivity index (χ3n) is 5.43. The molecule has 0 radical (unpaired) electrons. The second-order valence-electron chi connectivity index (χ2n) is 9.37. The highest BCUT2D eigenvalue weighted by Crippen LogP contribution is 2.19. The monoisotopic (exact) mass is 446 g/mol. The average Bonchev–Trinajstić information content (AvgIpc) is 3.26. The van der Waals surface area contributed by atoms with E-state index in [2.05, 4.69) is 15.5 Å². The highest BCUT2D eigenvalue weighted by atomic mass is 16.6. The molecule has 2 fully saturated rings. The second-order valence-corrected chi connectivity index (χ2v) is 9.37. The van der Waals surface area contributed by atoms with Gasteiger partial charge in [0.2, 0.25) is 0 Å². The summed E-state index contributed by atoms with van der Waals surface area (Å²) in [6, 6.07) is 6.74. The molecule has 0 bridgehead atoms. The molecule has 2 saturated heterocycles. The van der Waals surface area contributed by atoms with Gasteiger partial charge in [0.1, 0.15) is 11.7 Å². The van der Waals surface area contributed by atoms with Gasteiger partial charge < -0.3 is 29.9 Å². The van der Waals surface area contributed by atoms with Gasteiger partial charge in [-0.2, -0.15) is 0 Å². The molecule has 3 rings (SSSR count). The van der Waals surface area contributed by atoms with Crippen molar-refractivity contribution in [1.29, 1.82) is 0 Å². The fraction of sp³-hybridized carbons (Fsp3) is 0.609. The Morgan fingerprint density at radius 1 is 1.22 bits per heavy atom. The fourth-order valence-electron chi connectivity index (χ4n) is 3.87. The summed E-state index contributed by atoms with van der Waals surface area (Å²) in [6.45, 7) is 8.23. The minimum absolute atomic E-state index is 0.137. The Bertz CT molecular complexity index is 832. The Morgan fingerprint density at radius 2 is 2.00 bits per heavy atom. The van der Waals surface area contributed by atoms with Gasteiger partial charge in [0.15, 0.2) is 0 Å². The van der Waals surface area contributed by atoms with Gasteiger partial charge in [-0.05, 0) is 58.9 Å². The van der Waals surface area contributed by atoms with Crippen molar-refractivity contribution in [3.8, 4) is 0 Å². The van der Waals surface area contributed by atoms with E-state index < -0.39 is 17.8 Å². The molecule has 0 aliphatic carbocycles. The van der Waals surface area contributed by atoms with Gasteiger partial charge in [-0.3, -0.25) is 9.59 Å². The maximum absolute atomic E-state index is 13.3. The molecule has 2 heterocycles. The third-order valence-corrected chi connectivity index (χ3v) is 5.43. The van der Waals surface area contributed by atoms with Crippen LogP contribution < -0.4 is 10.6 Å². The van der Waals surface area contributed by atoms with Gasteiger partial charge in [-0.25, -0.2) is 4.79 Å². The van der Waals surface area contributed by atoms with Crippen molar-refractivity contribution in [2.75, 3.05) is 45.2 Å². The zero-order valence-electron chi connectivity index (χ0n) is 19.3. The summed E-state index contributed by atoms with van der Waals surface area (Å²) in [5, 5.41) is 5.63. The van der Waals surface area contributed by atoms with Crippen LogP contribution in [-0.2, 0) is 14.3 Å². The molecule has 0 saturated carbocycles. The molecule has 1 aromatic carbocycles. The summed E-state index contributed by atoms with van der Waals surface area (Å²) < 4.78 is 10.7. The van der Waals surface area contributed by atoms with Crippen molar-refractivity contribution in [3.63, 3.8) is 0 Å². The van der Waals surface area contributed by atoms with Gasteiger partial charge in [-0.1, -0.05) is 6.07 Å². The van der Waals surface area contributed by atoms with Crippen molar-refractivity contribution in [2.24, 2.45) is 0 Å². The van der Waals surface area contributed by atoms with E-state index in [9.17, 15) is 14.4 Å². The fourth-order valence-corrected chi connectivity index (χ4v) is 3.87. The number of carbonyl (C=O) groups excluding carboxylic acids is 3. The van der Waals surface area contributed by atoms with E-state index in [1.165, 1.54) is 0 Å². The Hall–Kier alpha value is -2.65. The molecule has 32 heavy (non-hydrogen) atoms. The highest BCUT2D eigenvalue weighted by Gasteiger charge is 2.31. The van der Waals surface area contributed by atoms with Crippen molar-refractivity contribution in [1.82, 2.24) is 15.1 Å². The van der Waals surface area contributed by atoms with Crippen LogP contribution in [0.5, 0.6) is 0 Å².